The molecular formula is C30H28N2O7S2. The lowest BCUT2D eigenvalue weighted by molar-refractivity contribution is -0.140. The first-order chi connectivity index (χ1) is 19.4. The summed E-state index contributed by atoms with van der Waals surface area (Å²) in [5.74, 6) is -1.58. The molecule has 0 aliphatic carbocycles. The summed E-state index contributed by atoms with van der Waals surface area (Å²) in [7, 11) is -8.52. The number of sulfonamides is 1. The van der Waals surface area contributed by atoms with E-state index in [0.29, 0.717) is 10.9 Å². The SMILES string of the molecule is CCOC(=O)C1=CC(c2cn(S(=O)(=O)c3ccc(C)cc3)c3ccccc23)N(S(=O)(=O)c2ccc(C)cc2)C(=O)C1. The molecule has 212 valence electrons. The lowest BCUT2D eigenvalue weighted by atomic mass is 9.97. The summed E-state index contributed by atoms with van der Waals surface area (Å²) < 4.78 is 62.3. The van der Waals surface area contributed by atoms with E-state index in [9.17, 15) is 26.4 Å². The fourth-order valence-corrected chi connectivity index (χ4v) is 7.73. The first-order valence-corrected chi connectivity index (χ1v) is 15.8. The van der Waals surface area contributed by atoms with Crippen LogP contribution in [0, 0.1) is 13.8 Å². The molecule has 0 N–H and O–H groups in total. The summed E-state index contributed by atoms with van der Waals surface area (Å²) in [6.45, 7) is 5.34. The fourth-order valence-electron chi connectivity index (χ4n) is 4.83. The molecule has 0 spiro atoms. The summed E-state index contributed by atoms with van der Waals surface area (Å²) in [5, 5.41) is 0.409. The number of ether oxygens (including phenoxy) is 1. The summed E-state index contributed by atoms with van der Waals surface area (Å²) in [5.41, 5.74) is 2.23. The maximum absolute atomic E-state index is 13.9. The van der Waals surface area contributed by atoms with Crippen LogP contribution in [0.3, 0.4) is 0 Å². The van der Waals surface area contributed by atoms with E-state index in [-0.39, 0.29) is 27.5 Å². The number of carbonyl (C=O) groups is 2. The van der Waals surface area contributed by atoms with Gasteiger partial charge in [0.2, 0.25) is 5.91 Å². The average Bonchev–Trinajstić information content (AvgIpc) is 3.34. The van der Waals surface area contributed by atoms with Gasteiger partial charge in [-0.05, 0) is 57.2 Å². The fraction of sp³-hybridized carbons (Fsp3) is 0.200. The van der Waals surface area contributed by atoms with Crippen molar-refractivity contribution >= 4 is 42.8 Å². The van der Waals surface area contributed by atoms with Crippen molar-refractivity contribution < 1.29 is 31.2 Å². The van der Waals surface area contributed by atoms with Gasteiger partial charge < -0.3 is 4.74 Å². The van der Waals surface area contributed by atoms with Gasteiger partial charge in [0, 0.05) is 22.7 Å². The number of esters is 1. The highest BCUT2D eigenvalue weighted by atomic mass is 32.2. The van der Waals surface area contributed by atoms with Gasteiger partial charge in [-0.1, -0.05) is 53.6 Å². The molecule has 1 aliphatic heterocycles. The van der Waals surface area contributed by atoms with Crippen LogP contribution < -0.4 is 0 Å². The molecule has 9 nitrogen and oxygen atoms in total. The summed E-state index contributed by atoms with van der Waals surface area (Å²) in [6.07, 6.45) is 2.20. The van der Waals surface area contributed by atoms with Crippen molar-refractivity contribution in [1.82, 2.24) is 8.28 Å². The van der Waals surface area contributed by atoms with Crippen LogP contribution in [0.1, 0.15) is 36.1 Å². The highest BCUT2D eigenvalue weighted by Gasteiger charge is 2.42. The molecule has 11 heteroatoms. The summed E-state index contributed by atoms with van der Waals surface area (Å²) in [6, 6.07) is 17.7. The Morgan fingerprint density at radius 3 is 2.00 bits per heavy atom. The highest BCUT2D eigenvalue weighted by molar-refractivity contribution is 7.90. The second kappa shape index (κ2) is 10.6. The van der Waals surface area contributed by atoms with Crippen LogP contribution in [0.2, 0.25) is 0 Å². The molecular weight excluding hydrogens is 564 g/mol. The maximum atomic E-state index is 13.9. The number of carbonyl (C=O) groups excluding carboxylic acids is 2. The Bertz CT molecular complexity index is 1910. The number of hydrogen-bond donors (Lipinski definition) is 0. The van der Waals surface area contributed by atoms with Crippen LogP contribution in [-0.4, -0.2) is 43.6 Å². The van der Waals surface area contributed by atoms with Crippen LogP contribution in [0.15, 0.2) is 100 Å². The third-order valence-corrected chi connectivity index (χ3v) is 10.4. The van der Waals surface area contributed by atoms with Crippen molar-refractivity contribution in [2.24, 2.45) is 0 Å². The Labute approximate surface area is 238 Å². The highest BCUT2D eigenvalue weighted by Crippen LogP contribution is 2.40. The number of nitrogens with zero attached hydrogens (tertiary/aromatic N) is 2. The molecule has 1 aliphatic rings. The van der Waals surface area contributed by atoms with Crippen molar-refractivity contribution in [3.8, 4) is 0 Å². The number of benzene rings is 3. The Kier molecular flexibility index (Phi) is 7.35. The van der Waals surface area contributed by atoms with Gasteiger partial charge in [0.05, 0.1) is 34.4 Å². The number of para-hydroxylation sites is 1. The second-order valence-corrected chi connectivity index (χ2v) is 13.4. The molecule has 0 radical (unpaired) electrons. The number of aryl methyl sites for hydroxylation is 2. The molecule has 1 aromatic heterocycles. The minimum atomic E-state index is -4.41. The quantitative estimate of drug-likeness (QED) is 0.287. The van der Waals surface area contributed by atoms with Crippen LogP contribution in [0.4, 0.5) is 0 Å². The van der Waals surface area contributed by atoms with Crippen molar-refractivity contribution in [3.05, 3.63) is 107 Å². The van der Waals surface area contributed by atoms with Crippen molar-refractivity contribution in [2.75, 3.05) is 6.61 Å². The molecule has 0 fully saturated rings. The first-order valence-electron chi connectivity index (χ1n) is 12.9. The van der Waals surface area contributed by atoms with Gasteiger partial charge in [-0.3, -0.25) is 4.79 Å². The number of amides is 1. The zero-order valence-corrected chi connectivity index (χ0v) is 24.3. The van der Waals surface area contributed by atoms with E-state index in [4.69, 9.17) is 4.74 Å². The van der Waals surface area contributed by atoms with Crippen molar-refractivity contribution in [3.63, 3.8) is 0 Å². The normalized spacial score (nSPS) is 16.1. The van der Waals surface area contributed by atoms with Gasteiger partial charge in [0.25, 0.3) is 20.0 Å². The zero-order valence-electron chi connectivity index (χ0n) is 22.6. The van der Waals surface area contributed by atoms with Crippen molar-refractivity contribution in [2.45, 2.75) is 43.0 Å². The standard InChI is InChI=1S/C30H28N2O7S2/c1-4-39-30(34)22-17-28(32(29(33)18-22)41(37,38)24-15-11-21(3)12-16-24)26-19-31(27-8-6-5-7-25(26)27)40(35,36)23-13-9-20(2)10-14-23/h5-17,19,28H,4,18H2,1-3H3. The van der Waals surface area contributed by atoms with Gasteiger partial charge in [0.15, 0.2) is 0 Å². The molecule has 5 rings (SSSR count). The molecule has 2 heterocycles. The minimum Gasteiger partial charge on any atom is -0.463 e. The Balaban J connectivity index is 1.75. The zero-order chi connectivity index (χ0) is 29.5. The van der Waals surface area contributed by atoms with E-state index in [1.807, 2.05) is 13.8 Å². The summed E-state index contributed by atoms with van der Waals surface area (Å²) in [4.78, 5) is 26.2. The largest absolute Gasteiger partial charge is 0.463 e. The number of aromatic nitrogens is 1. The lowest BCUT2D eigenvalue weighted by Gasteiger charge is -2.33. The van der Waals surface area contributed by atoms with Crippen molar-refractivity contribution in [1.29, 1.82) is 0 Å². The van der Waals surface area contributed by atoms with E-state index in [1.54, 1.807) is 55.5 Å². The molecule has 0 saturated carbocycles. The van der Waals surface area contributed by atoms with Gasteiger partial charge in [0.1, 0.15) is 0 Å². The lowest BCUT2D eigenvalue weighted by Crippen LogP contribution is -2.42. The first kappa shape index (κ1) is 28.3. The third kappa shape index (κ3) is 5.07. The van der Waals surface area contributed by atoms with Gasteiger partial charge in [-0.2, -0.15) is 0 Å². The Hall–Kier alpha value is -4.22. The van der Waals surface area contributed by atoms with Gasteiger partial charge in [-0.25, -0.2) is 29.9 Å². The predicted molar refractivity (Wildman–Crippen MR) is 153 cm³/mol. The summed E-state index contributed by atoms with van der Waals surface area (Å²) >= 11 is 0. The predicted octanol–water partition coefficient (Wildman–Crippen LogP) is 4.65. The van der Waals surface area contributed by atoms with Crippen LogP contribution in [0.25, 0.3) is 10.9 Å². The minimum absolute atomic E-state index is 0.00423. The molecule has 1 amide bonds. The topological polar surface area (TPSA) is 120 Å². The van der Waals surface area contributed by atoms with Gasteiger partial charge >= 0.3 is 5.97 Å². The van der Waals surface area contributed by atoms with Crippen LogP contribution in [-0.2, 0) is 34.4 Å². The van der Waals surface area contributed by atoms with Crippen LogP contribution in [0.5, 0.6) is 0 Å². The smallest absolute Gasteiger partial charge is 0.334 e. The molecule has 0 bridgehead atoms. The number of fused-ring (bicyclic) bond motifs is 1. The maximum Gasteiger partial charge on any atom is 0.334 e. The Morgan fingerprint density at radius 1 is 0.854 bits per heavy atom. The third-order valence-electron chi connectivity index (χ3n) is 6.92. The monoisotopic (exact) mass is 592 g/mol. The molecule has 41 heavy (non-hydrogen) atoms. The second-order valence-electron chi connectivity index (χ2n) is 9.76. The molecule has 4 aromatic rings. The van der Waals surface area contributed by atoms with E-state index >= 15 is 0 Å². The average molecular weight is 593 g/mol. The van der Waals surface area contributed by atoms with Gasteiger partial charge in [-0.15, -0.1) is 0 Å². The molecule has 3 aromatic carbocycles. The van der Waals surface area contributed by atoms with E-state index in [1.165, 1.54) is 36.5 Å². The number of rotatable bonds is 7. The van der Waals surface area contributed by atoms with Crippen LogP contribution >= 0.6 is 0 Å². The van der Waals surface area contributed by atoms with E-state index in [2.05, 4.69) is 0 Å². The molecule has 0 saturated heterocycles. The number of hydrogen-bond acceptors (Lipinski definition) is 7. The molecule has 1 atom stereocenters. The molecule has 1 unspecified atom stereocenters. The van der Waals surface area contributed by atoms with E-state index < -0.39 is 44.4 Å². The van der Waals surface area contributed by atoms with E-state index in [0.717, 1.165) is 19.4 Å². The Morgan fingerprint density at radius 2 is 1.41 bits per heavy atom.